The van der Waals surface area contributed by atoms with Crippen molar-refractivity contribution in [2.75, 3.05) is 0 Å². The molecule has 6 nitrogen and oxygen atoms in total. The number of aryl methyl sites for hydroxylation is 1. The molecule has 1 amide bonds. The third kappa shape index (κ3) is 3.92. The second-order valence-electron chi connectivity index (χ2n) is 4.92. The average molecular weight is 287 g/mol. The predicted molar refractivity (Wildman–Crippen MR) is 76.9 cm³/mol. The number of carboxylic acid groups (broad SMARTS) is 1. The van der Waals surface area contributed by atoms with E-state index < -0.39 is 5.97 Å². The molecule has 0 saturated carbocycles. The van der Waals surface area contributed by atoms with E-state index in [9.17, 15) is 9.59 Å². The number of carbonyl (C=O) groups excluding carboxylic acids is 1. The highest BCUT2D eigenvalue weighted by atomic mass is 16.4. The Bertz CT molecular complexity index is 664. The van der Waals surface area contributed by atoms with Crippen LogP contribution in [0.15, 0.2) is 36.7 Å². The van der Waals surface area contributed by atoms with Crippen LogP contribution in [0.25, 0.3) is 0 Å². The largest absolute Gasteiger partial charge is 0.478 e. The molecule has 21 heavy (non-hydrogen) atoms. The smallest absolute Gasteiger partial charge is 0.335 e. The van der Waals surface area contributed by atoms with Gasteiger partial charge in [-0.3, -0.25) is 9.48 Å². The lowest BCUT2D eigenvalue weighted by atomic mass is 10.1. The number of hydrogen-bond acceptors (Lipinski definition) is 3. The van der Waals surface area contributed by atoms with Crippen molar-refractivity contribution in [3.63, 3.8) is 0 Å². The molecule has 0 fully saturated rings. The van der Waals surface area contributed by atoms with Gasteiger partial charge in [-0.1, -0.05) is 12.1 Å². The van der Waals surface area contributed by atoms with E-state index in [1.165, 1.54) is 12.1 Å². The van der Waals surface area contributed by atoms with Gasteiger partial charge >= 0.3 is 5.97 Å². The summed E-state index contributed by atoms with van der Waals surface area (Å²) in [6.07, 6.45) is 3.69. The first kappa shape index (κ1) is 14.8. The van der Waals surface area contributed by atoms with E-state index in [1.807, 2.05) is 20.2 Å². The molecule has 0 spiro atoms. The molecular weight excluding hydrogens is 270 g/mol. The van der Waals surface area contributed by atoms with Gasteiger partial charge < -0.3 is 10.4 Å². The lowest BCUT2D eigenvalue weighted by Gasteiger charge is -2.12. The van der Waals surface area contributed by atoms with E-state index in [0.717, 1.165) is 5.56 Å². The quantitative estimate of drug-likeness (QED) is 0.873. The molecule has 0 bridgehead atoms. The maximum atomic E-state index is 12.0. The maximum Gasteiger partial charge on any atom is 0.335 e. The zero-order valence-electron chi connectivity index (χ0n) is 11.9. The topological polar surface area (TPSA) is 84.2 Å². The van der Waals surface area contributed by atoms with Crippen LogP contribution in [0.1, 0.15) is 34.5 Å². The van der Waals surface area contributed by atoms with E-state index in [1.54, 1.807) is 23.0 Å². The van der Waals surface area contributed by atoms with Gasteiger partial charge in [0.15, 0.2) is 0 Å². The first-order valence-corrected chi connectivity index (χ1v) is 6.56. The molecule has 0 aliphatic rings. The molecule has 6 heteroatoms. The van der Waals surface area contributed by atoms with E-state index in [0.29, 0.717) is 5.56 Å². The highest BCUT2D eigenvalue weighted by Crippen LogP contribution is 2.11. The molecule has 0 saturated heterocycles. The number of nitrogens with zero attached hydrogens (tertiary/aromatic N) is 2. The predicted octanol–water partition coefficient (Wildman–Crippen LogP) is 1.54. The third-order valence-electron chi connectivity index (χ3n) is 3.14. The highest BCUT2D eigenvalue weighted by Gasteiger charge is 2.12. The van der Waals surface area contributed by atoms with Gasteiger partial charge in [0.1, 0.15) is 0 Å². The lowest BCUT2D eigenvalue weighted by Crippen LogP contribution is -2.28. The number of benzene rings is 1. The molecule has 1 atom stereocenters. The molecule has 0 radical (unpaired) electrons. The summed E-state index contributed by atoms with van der Waals surface area (Å²) in [5.74, 6) is -1.16. The molecule has 1 aromatic carbocycles. The van der Waals surface area contributed by atoms with Crippen LogP contribution in [0.3, 0.4) is 0 Å². The summed E-state index contributed by atoms with van der Waals surface area (Å²) in [6.45, 7) is 1.88. The van der Waals surface area contributed by atoms with E-state index in [4.69, 9.17) is 5.11 Å². The summed E-state index contributed by atoms with van der Waals surface area (Å²) in [5.41, 5.74) is 1.77. The van der Waals surface area contributed by atoms with E-state index in [2.05, 4.69) is 10.4 Å². The number of carboxylic acids is 1. The Balaban J connectivity index is 1.98. The van der Waals surface area contributed by atoms with Gasteiger partial charge in [-0.25, -0.2) is 4.79 Å². The number of rotatable bonds is 5. The SMILES string of the molecule is CC(NC(=O)Cc1cccc(C(=O)O)c1)c1cnn(C)c1. The van der Waals surface area contributed by atoms with Gasteiger partial charge in [0, 0.05) is 18.8 Å². The maximum absolute atomic E-state index is 12.0. The first-order valence-electron chi connectivity index (χ1n) is 6.56. The molecule has 2 rings (SSSR count). The summed E-state index contributed by atoms with van der Waals surface area (Å²) in [7, 11) is 1.81. The minimum Gasteiger partial charge on any atom is -0.478 e. The lowest BCUT2D eigenvalue weighted by molar-refractivity contribution is -0.121. The molecule has 1 heterocycles. The normalized spacial score (nSPS) is 11.9. The molecule has 1 unspecified atom stereocenters. The van der Waals surface area contributed by atoms with Crippen molar-refractivity contribution in [1.29, 1.82) is 0 Å². The minimum atomic E-state index is -0.999. The summed E-state index contributed by atoms with van der Waals surface area (Å²) in [4.78, 5) is 22.9. The Hall–Kier alpha value is -2.63. The fourth-order valence-electron chi connectivity index (χ4n) is 2.04. The van der Waals surface area contributed by atoms with Gasteiger partial charge in [-0.15, -0.1) is 0 Å². The zero-order valence-corrected chi connectivity index (χ0v) is 11.9. The zero-order chi connectivity index (χ0) is 15.4. The Morgan fingerprint density at radius 2 is 2.19 bits per heavy atom. The van der Waals surface area contributed by atoms with Gasteiger partial charge in [0.25, 0.3) is 0 Å². The Labute approximate surface area is 122 Å². The van der Waals surface area contributed by atoms with Gasteiger partial charge in [-0.2, -0.15) is 5.10 Å². The first-order chi connectivity index (χ1) is 9.95. The summed E-state index contributed by atoms with van der Waals surface area (Å²) in [5, 5.41) is 15.9. The van der Waals surface area contributed by atoms with Crippen molar-refractivity contribution in [2.45, 2.75) is 19.4 Å². The minimum absolute atomic E-state index is 0.145. The fraction of sp³-hybridized carbons (Fsp3) is 0.267. The summed E-state index contributed by atoms with van der Waals surface area (Å²) in [6, 6.07) is 6.24. The monoisotopic (exact) mass is 287 g/mol. The Morgan fingerprint density at radius 1 is 1.43 bits per heavy atom. The van der Waals surface area contributed by atoms with Crippen LogP contribution in [0.5, 0.6) is 0 Å². The van der Waals surface area contributed by atoms with E-state index >= 15 is 0 Å². The van der Waals surface area contributed by atoms with Crippen molar-refractivity contribution in [3.05, 3.63) is 53.3 Å². The number of carbonyl (C=O) groups is 2. The number of aromatic carboxylic acids is 1. The molecule has 2 aromatic rings. The van der Waals surface area contributed by atoms with Crippen LogP contribution in [0, 0.1) is 0 Å². The van der Waals surface area contributed by atoms with Crippen molar-refractivity contribution in [1.82, 2.24) is 15.1 Å². The van der Waals surface area contributed by atoms with Crippen molar-refractivity contribution >= 4 is 11.9 Å². The standard InChI is InChI=1S/C15H17N3O3/c1-10(13-8-16-18(2)9-13)17-14(19)7-11-4-3-5-12(6-11)15(20)21/h3-6,8-10H,7H2,1-2H3,(H,17,19)(H,20,21). The number of nitrogens with one attached hydrogen (secondary N) is 1. The molecule has 1 aromatic heterocycles. The molecule has 2 N–H and O–H groups in total. The van der Waals surface area contributed by atoms with Crippen LogP contribution in [-0.4, -0.2) is 26.8 Å². The van der Waals surface area contributed by atoms with E-state index in [-0.39, 0.29) is 23.9 Å². The third-order valence-corrected chi connectivity index (χ3v) is 3.14. The van der Waals surface area contributed by atoms with Crippen LogP contribution in [-0.2, 0) is 18.3 Å². The van der Waals surface area contributed by atoms with Crippen LogP contribution in [0.2, 0.25) is 0 Å². The van der Waals surface area contributed by atoms with Crippen LogP contribution >= 0.6 is 0 Å². The molecule has 0 aliphatic carbocycles. The molecular formula is C15H17N3O3. The number of hydrogen-bond donors (Lipinski definition) is 2. The van der Waals surface area contributed by atoms with Crippen molar-refractivity contribution < 1.29 is 14.7 Å². The van der Waals surface area contributed by atoms with Gasteiger partial charge in [-0.05, 0) is 24.6 Å². The van der Waals surface area contributed by atoms with Gasteiger partial charge in [0.05, 0.1) is 24.2 Å². The number of aromatic nitrogens is 2. The Morgan fingerprint density at radius 3 is 2.81 bits per heavy atom. The van der Waals surface area contributed by atoms with Crippen LogP contribution < -0.4 is 5.32 Å². The summed E-state index contributed by atoms with van der Waals surface area (Å²) < 4.78 is 1.67. The van der Waals surface area contributed by atoms with Crippen molar-refractivity contribution in [2.24, 2.45) is 7.05 Å². The fourth-order valence-corrected chi connectivity index (χ4v) is 2.04. The highest BCUT2D eigenvalue weighted by molar-refractivity contribution is 5.88. The summed E-state index contributed by atoms with van der Waals surface area (Å²) >= 11 is 0. The molecule has 0 aliphatic heterocycles. The van der Waals surface area contributed by atoms with Crippen LogP contribution in [0.4, 0.5) is 0 Å². The Kier molecular flexibility index (Phi) is 4.37. The second-order valence-corrected chi connectivity index (χ2v) is 4.92. The second kappa shape index (κ2) is 6.21. The molecule has 110 valence electrons. The average Bonchev–Trinajstić information content (AvgIpc) is 2.85. The number of amides is 1. The van der Waals surface area contributed by atoms with Crippen molar-refractivity contribution in [3.8, 4) is 0 Å². The van der Waals surface area contributed by atoms with Gasteiger partial charge in [0.2, 0.25) is 5.91 Å².